The van der Waals surface area contributed by atoms with Gasteiger partial charge in [-0.05, 0) is 157 Å². The number of benzene rings is 1. The number of nitrogens with zero attached hydrogens (tertiary/aromatic N) is 10. The van der Waals surface area contributed by atoms with Crippen LogP contribution in [0, 0.1) is 41.4 Å². The number of allylic oxidation sites excluding steroid dienone is 6. The van der Waals surface area contributed by atoms with E-state index in [4.69, 9.17) is 77.8 Å². The monoisotopic (exact) mass is 1700 g/mol. The number of anilines is 2. The molecule has 4 aromatic heterocycles. The number of likely N-dealkylation sites (tertiary alicyclic amines) is 1. The van der Waals surface area contributed by atoms with Gasteiger partial charge in [-0.2, -0.15) is 10.1 Å². The summed E-state index contributed by atoms with van der Waals surface area (Å²) >= 11 is 0. The molecule has 5 aromatic rings. The van der Waals surface area contributed by atoms with Crippen molar-refractivity contribution in [2.45, 2.75) is 225 Å². The van der Waals surface area contributed by atoms with E-state index < -0.39 is 77.8 Å². The van der Waals surface area contributed by atoms with Gasteiger partial charge in [-0.15, -0.1) is 5.10 Å². The van der Waals surface area contributed by atoms with Gasteiger partial charge in [0.2, 0.25) is 11.7 Å². The summed E-state index contributed by atoms with van der Waals surface area (Å²) in [6.07, 6.45) is 18.7. The second-order valence-electron chi connectivity index (χ2n) is 33.5. The van der Waals surface area contributed by atoms with E-state index in [9.17, 15) is 39.0 Å². The number of nitrogen functional groups attached to an aromatic ring is 2. The molecule has 4 fully saturated rings. The lowest BCUT2D eigenvalue weighted by atomic mass is 9.78. The summed E-state index contributed by atoms with van der Waals surface area (Å²) in [5, 5.41) is 38.1. The van der Waals surface area contributed by atoms with Crippen molar-refractivity contribution in [3.05, 3.63) is 84.0 Å². The van der Waals surface area contributed by atoms with Crippen molar-refractivity contribution in [2.24, 2.45) is 41.4 Å². The van der Waals surface area contributed by atoms with Gasteiger partial charge in [-0.25, -0.2) is 24.1 Å². The highest BCUT2D eigenvalue weighted by Gasteiger charge is 2.53. The number of amides is 2. The lowest BCUT2D eigenvalue weighted by molar-refractivity contribution is -0.265. The van der Waals surface area contributed by atoms with Crippen molar-refractivity contribution in [1.82, 2.24) is 49.5 Å². The van der Waals surface area contributed by atoms with Gasteiger partial charge in [0.25, 0.3) is 17.7 Å². The van der Waals surface area contributed by atoms with Crippen LogP contribution in [0.1, 0.15) is 157 Å². The summed E-state index contributed by atoms with van der Waals surface area (Å²) in [6.45, 7) is 20.5. The number of ketones is 3. The third-order valence-corrected chi connectivity index (χ3v) is 24.3. The number of piperidine rings is 1. The molecule has 2 unspecified atom stereocenters. The van der Waals surface area contributed by atoms with Crippen LogP contribution in [0.15, 0.2) is 82.7 Å². The van der Waals surface area contributed by atoms with E-state index in [2.05, 4.69) is 25.3 Å². The zero-order valence-corrected chi connectivity index (χ0v) is 73.0. The maximum atomic E-state index is 14.8. The number of aliphatic hydroxyl groups excluding tert-OH is 1. The third-order valence-electron chi connectivity index (χ3n) is 24.3. The highest BCUT2D eigenvalue weighted by Crippen LogP contribution is 2.40. The minimum Gasteiger partial charge on any atom is -0.460 e. The molecule has 0 spiro atoms. The first kappa shape index (κ1) is 96.1. The quantitative estimate of drug-likeness (QED) is 0.0126. The number of aromatic nitrogens is 8. The maximum absolute atomic E-state index is 14.8. The molecule has 1 saturated carbocycles. The highest BCUT2D eigenvalue weighted by molar-refractivity contribution is 6.39. The molecule has 1 aliphatic carbocycles. The molecule has 33 nitrogen and oxygen atoms in total. The SMILES string of the molecule is CO[C@H]1C[C@@H]2CC[C@@H](C)[C@@](O)(O2)C(=O)C(=O)N2CCCC[C@H]2C(=O)OC([C@H](C)C[C@@H]2CC[C@@H](OCCCCc3cn(CCOCCOCCOCCOCCOCCOCCC(=O)N4CCC(Cn5nc(-c6ccc7oc(N)nc7c6)c6c(N)ncnc65)C4)nn3)[C@H](OC)C2)CC(=O)[C@H](C)/C=C(\C)[C@@H](O)[C@@H](OC)C(=O)[C@H](C)C[C@H](C)/C=C/C=C/C=C/1C. The molecule has 5 aliphatic rings. The van der Waals surface area contributed by atoms with Gasteiger partial charge in [0, 0.05) is 96.5 Å². The molecule has 8 heterocycles. The zero-order chi connectivity index (χ0) is 87.2. The molecule has 2 amide bonds. The second-order valence-corrected chi connectivity index (χ2v) is 33.5. The predicted molar refractivity (Wildman–Crippen MR) is 453 cm³/mol. The number of cyclic esters (lactones) is 1. The van der Waals surface area contributed by atoms with Gasteiger partial charge in [0.1, 0.15) is 53.5 Å². The van der Waals surface area contributed by atoms with Crippen molar-refractivity contribution >= 4 is 69.1 Å². The molecule has 674 valence electrons. The molecule has 6 N–H and O–H groups in total. The number of hydrogen-bond donors (Lipinski definition) is 4. The minimum atomic E-state index is -2.46. The van der Waals surface area contributed by atoms with Crippen LogP contribution in [-0.4, -0.2) is 276 Å². The number of Topliss-reactive ketones (excluding diaryl/α,β-unsaturated/α-hetero) is 3. The van der Waals surface area contributed by atoms with Gasteiger partial charge in [-0.3, -0.25) is 24.0 Å². The number of esters is 1. The van der Waals surface area contributed by atoms with Gasteiger partial charge in [-0.1, -0.05) is 76.3 Å². The molecule has 122 heavy (non-hydrogen) atoms. The summed E-state index contributed by atoms with van der Waals surface area (Å²) in [5.74, 6) is -7.64. The van der Waals surface area contributed by atoms with Gasteiger partial charge in [0.05, 0.1) is 128 Å². The standard InChI is InChI=1S/C89H132N12O21/c1-57-18-12-11-13-19-58(2)74(110-8)51-68-25-22-63(7)89(109,122-68)83(106)86(107)100-30-16-14-21-70(100)87(108)120-75(52-71(102)59(3)47-62(6)81(105)82(112-10)80(104)61(5)46-57)60(4)48-64-23-26-73(76(49-64)111-9)119-33-17-15-20-67-55-99(97-95-67)32-35-114-37-39-116-41-43-118-45-44-117-42-40-115-38-36-113-34-29-77(103)98-31-28-65(53-98)54-101-85-78(84(90)92-56-93-85)79(96-101)66-24-27-72-69(50-66)94-88(91)121-72/h11-13,18-19,24,27,47,50,55-57,59-61,63-65,68,70,73-76,81-82,105,109H,14-17,20-23,25-26,28-46,48-49,51-54H2,1-10H3,(H2,91,94)(H2,90,92,93)/b13-11+,18-12+,58-19+,62-47+/t57-,59-,60-,61-,63-,64+,65?,68+,70+,73-,74+,75?,76-,81-,82+,89-/m1/s1. The summed E-state index contributed by atoms with van der Waals surface area (Å²) in [4.78, 5) is 101. The number of unbranched alkanes of at least 4 members (excludes halogenated alkanes) is 1. The third kappa shape index (κ3) is 27.4. The molecule has 16 atom stereocenters. The molecule has 4 aliphatic heterocycles. The van der Waals surface area contributed by atoms with Crippen LogP contribution in [0.25, 0.3) is 33.4 Å². The van der Waals surface area contributed by atoms with E-state index in [0.717, 1.165) is 55.4 Å². The topological polar surface area (TPSA) is 412 Å². The summed E-state index contributed by atoms with van der Waals surface area (Å²) < 4.78 is 80.0. The Labute approximate surface area is 715 Å². The van der Waals surface area contributed by atoms with E-state index in [1.807, 2.05) is 86.0 Å². The number of carbonyl (C=O) groups excluding carboxylic acids is 6. The van der Waals surface area contributed by atoms with Crippen molar-refractivity contribution in [2.75, 3.05) is 138 Å². The Morgan fingerprint density at radius 2 is 1.47 bits per heavy atom. The van der Waals surface area contributed by atoms with Gasteiger partial charge < -0.3 is 92.7 Å². The van der Waals surface area contributed by atoms with Crippen LogP contribution in [0.3, 0.4) is 0 Å². The Bertz CT molecular complexity index is 4300. The number of hydrogen-bond acceptors (Lipinski definition) is 29. The Kier molecular flexibility index (Phi) is 38.1. The Hall–Kier alpha value is -8.16. The summed E-state index contributed by atoms with van der Waals surface area (Å²) in [6, 6.07) is 4.43. The fraction of sp³-hybridized carbons (Fsp3) is 0.685. The van der Waals surface area contributed by atoms with E-state index in [0.29, 0.717) is 203 Å². The number of oxazole rings is 1. The Morgan fingerprint density at radius 3 is 2.18 bits per heavy atom. The van der Waals surface area contributed by atoms with Crippen molar-refractivity contribution < 1.29 is 100 Å². The van der Waals surface area contributed by atoms with Crippen LogP contribution in [0.5, 0.6) is 0 Å². The van der Waals surface area contributed by atoms with Gasteiger partial charge in [0.15, 0.2) is 17.0 Å². The lowest BCUT2D eigenvalue weighted by Crippen LogP contribution is -2.61. The first-order chi connectivity index (χ1) is 58.9. The van der Waals surface area contributed by atoms with Crippen molar-refractivity contribution in [1.29, 1.82) is 0 Å². The average molecular weight is 1710 g/mol. The number of carbonyl (C=O) groups is 6. The summed E-state index contributed by atoms with van der Waals surface area (Å²) in [5.41, 5.74) is 17.5. The van der Waals surface area contributed by atoms with Crippen LogP contribution < -0.4 is 11.5 Å². The number of aliphatic hydroxyl groups is 2. The molecule has 2 bridgehead atoms. The van der Waals surface area contributed by atoms with Crippen LogP contribution >= 0.6 is 0 Å². The Morgan fingerprint density at radius 1 is 0.746 bits per heavy atom. The predicted octanol–water partition coefficient (Wildman–Crippen LogP) is 8.97. The first-order valence-corrected chi connectivity index (χ1v) is 43.7. The van der Waals surface area contributed by atoms with E-state index in [1.165, 1.54) is 18.3 Å². The zero-order valence-electron chi connectivity index (χ0n) is 73.0. The molecule has 1 aromatic carbocycles. The van der Waals surface area contributed by atoms with Crippen LogP contribution in [0.2, 0.25) is 0 Å². The minimum absolute atomic E-state index is 0.00480. The van der Waals surface area contributed by atoms with Crippen molar-refractivity contribution in [3.63, 3.8) is 0 Å². The van der Waals surface area contributed by atoms with Gasteiger partial charge >= 0.3 is 5.97 Å². The van der Waals surface area contributed by atoms with E-state index >= 15 is 0 Å². The molecule has 33 heteroatoms. The largest absolute Gasteiger partial charge is 0.460 e. The maximum Gasteiger partial charge on any atom is 0.329 e. The highest BCUT2D eigenvalue weighted by atomic mass is 16.6. The first-order valence-electron chi connectivity index (χ1n) is 43.7. The number of nitrogens with two attached hydrogens (primary N) is 2. The smallest absolute Gasteiger partial charge is 0.329 e. The number of aryl methyl sites for hydroxylation is 1. The molecule has 10 rings (SSSR count). The normalized spacial score (nSPS) is 28.4. The number of methoxy groups -OCH3 is 3. The summed E-state index contributed by atoms with van der Waals surface area (Å²) in [7, 11) is 4.65. The second kappa shape index (κ2) is 48.4. The number of rotatable bonds is 36. The number of fused-ring (bicyclic) bond motifs is 5. The lowest BCUT2D eigenvalue weighted by Gasteiger charge is -2.42. The molecule has 3 saturated heterocycles. The van der Waals surface area contributed by atoms with E-state index in [-0.39, 0.29) is 85.2 Å². The molecular weight excluding hydrogens is 1570 g/mol. The molecular formula is C89H132N12O21. The van der Waals surface area contributed by atoms with Crippen LogP contribution in [0.4, 0.5) is 11.8 Å². The average Bonchev–Trinajstić information content (AvgIpc) is 1.59. The Balaban J connectivity index is 0.579. The fourth-order valence-corrected chi connectivity index (χ4v) is 17.1. The fourth-order valence-electron chi connectivity index (χ4n) is 17.1. The van der Waals surface area contributed by atoms with Crippen LogP contribution in [-0.2, 0) is 105 Å². The molecule has 0 radical (unpaired) electrons. The van der Waals surface area contributed by atoms with E-state index in [1.54, 1.807) is 51.8 Å². The number of ether oxygens (including phenoxy) is 12. The van der Waals surface area contributed by atoms with Crippen molar-refractivity contribution in [3.8, 4) is 11.3 Å².